The number of aliphatic hydroxyl groups is 1. The molecule has 2 heterocycles. The maximum atomic E-state index is 12.0. The van der Waals surface area contributed by atoms with Gasteiger partial charge in [0, 0.05) is 6.20 Å². The van der Waals surface area contributed by atoms with E-state index in [0.717, 1.165) is 10.8 Å². The third-order valence-corrected chi connectivity index (χ3v) is 3.38. The van der Waals surface area contributed by atoms with E-state index in [-0.39, 0.29) is 12.2 Å². The van der Waals surface area contributed by atoms with E-state index in [4.69, 9.17) is 9.84 Å². The van der Waals surface area contributed by atoms with Crippen LogP contribution in [0.3, 0.4) is 0 Å². The molecule has 136 valence electrons. The molecule has 1 fully saturated rings. The number of alkyl halides is 3. The first kappa shape index (κ1) is 18.8. The monoisotopic (exact) mass is 361 g/mol. The third-order valence-electron chi connectivity index (χ3n) is 3.38. The van der Waals surface area contributed by atoms with Crippen LogP contribution in [0, 0.1) is 11.8 Å². The molecular weight excluding hydrogens is 347 g/mol. The molecule has 0 aliphatic carbocycles. The number of rotatable bonds is 3. The number of ether oxygens (including phenoxy) is 1. The van der Waals surface area contributed by atoms with Crippen LogP contribution >= 0.6 is 0 Å². The van der Waals surface area contributed by atoms with Crippen molar-refractivity contribution in [3.05, 3.63) is 32.6 Å². The minimum atomic E-state index is -5.02. The second-order valence-electron chi connectivity index (χ2n) is 5.16. The Balaban J connectivity index is 2.14. The highest BCUT2D eigenvalue weighted by Gasteiger charge is 2.38. The number of amides is 1. The first-order valence-electron chi connectivity index (χ1n) is 7.18. The number of carbonyl (C=O) groups is 1. The van der Waals surface area contributed by atoms with Gasteiger partial charge in [0.25, 0.3) is 5.56 Å². The molecule has 3 N–H and O–H groups in total. The quantitative estimate of drug-likeness (QED) is 0.613. The number of hydrogen-bond donors (Lipinski definition) is 3. The molecule has 0 unspecified atom stereocenters. The molecule has 1 aliphatic rings. The van der Waals surface area contributed by atoms with Gasteiger partial charge in [0.1, 0.15) is 11.8 Å². The Labute approximate surface area is 138 Å². The standard InChI is InChI=1S/C14H14F3N3O5/c15-14(16,17)12(23)18-5-1-2-8-6-20(13(24)19-11(8)22)10-4-3-9(7-21)25-10/h6,9-10,21H,3-5,7H2,(H,18,23)(H,19,22,24)/t9-,10+/m1/s1. The van der Waals surface area contributed by atoms with Gasteiger partial charge in [-0.2, -0.15) is 13.2 Å². The molecule has 0 aromatic carbocycles. The van der Waals surface area contributed by atoms with Gasteiger partial charge in [0.2, 0.25) is 0 Å². The molecule has 8 nitrogen and oxygen atoms in total. The highest BCUT2D eigenvalue weighted by molar-refractivity contribution is 5.81. The molecule has 11 heteroatoms. The van der Waals surface area contributed by atoms with Crippen LogP contribution in [0.1, 0.15) is 24.6 Å². The van der Waals surface area contributed by atoms with Gasteiger partial charge in [-0.05, 0) is 12.8 Å². The fraction of sp³-hybridized carbons (Fsp3) is 0.500. The number of hydrogen-bond acceptors (Lipinski definition) is 5. The first-order valence-corrected chi connectivity index (χ1v) is 7.18. The van der Waals surface area contributed by atoms with Crippen molar-refractivity contribution >= 4 is 5.91 Å². The molecule has 1 aromatic heterocycles. The van der Waals surface area contributed by atoms with E-state index in [1.54, 1.807) is 0 Å². The van der Waals surface area contributed by atoms with Crippen LogP contribution in [-0.4, -0.2) is 46.0 Å². The summed E-state index contributed by atoms with van der Waals surface area (Å²) in [5.74, 6) is 2.36. The number of aliphatic hydroxyl groups excluding tert-OH is 1. The molecule has 1 saturated heterocycles. The van der Waals surface area contributed by atoms with Crippen molar-refractivity contribution < 1.29 is 27.8 Å². The van der Waals surface area contributed by atoms with Gasteiger partial charge in [-0.1, -0.05) is 11.8 Å². The molecule has 25 heavy (non-hydrogen) atoms. The number of H-pyrrole nitrogens is 1. The van der Waals surface area contributed by atoms with Gasteiger partial charge in [-0.15, -0.1) is 0 Å². The minimum Gasteiger partial charge on any atom is -0.394 e. The van der Waals surface area contributed by atoms with Crippen molar-refractivity contribution in [1.82, 2.24) is 14.9 Å². The van der Waals surface area contributed by atoms with E-state index < -0.39 is 42.2 Å². The number of aromatic amines is 1. The highest BCUT2D eigenvalue weighted by atomic mass is 19.4. The average Bonchev–Trinajstić information content (AvgIpc) is 3.00. The van der Waals surface area contributed by atoms with Gasteiger partial charge in [0.05, 0.1) is 19.3 Å². The molecule has 0 radical (unpaired) electrons. The van der Waals surface area contributed by atoms with E-state index in [9.17, 15) is 27.6 Å². The van der Waals surface area contributed by atoms with Gasteiger partial charge < -0.3 is 15.2 Å². The smallest absolute Gasteiger partial charge is 0.394 e. The summed E-state index contributed by atoms with van der Waals surface area (Å²) in [4.78, 5) is 36.2. The summed E-state index contributed by atoms with van der Waals surface area (Å²) in [6.45, 7) is -0.830. The predicted molar refractivity (Wildman–Crippen MR) is 77.5 cm³/mol. The van der Waals surface area contributed by atoms with Crippen LogP contribution in [0.2, 0.25) is 0 Å². The van der Waals surface area contributed by atoms with E-state index in [1.165, 1.54) is 5.32 Å². The van der Waals surface area contributed by atoms with Crippen molar-refractivity contribution in [1.29, 1.82) is 0 Å². The Morgan fingerprint density at radius 3 is 2.76 bits per heavy atom. The maximum Gasteiger partial charge on any atom is 0.471 e. The average molecular weight is 361 g/mol. The Kier molecular flexibility index (Phi) is 5.66. The lowest BCUT2D eigenvalue weighted by molar-refractivity contribution is -0.173. The van der Waals surface area contributed by atoms with E-state index >= 15 is 0 Å². The number of nitrogens with one attached hydrogen (secondary N) is 2. The highest BCUT2D eigenvalue weighted by Crippen LogP contribution is 2.26. The Morgan fingerprint density at radius 1 is 1.44 bits per heavy atom. The van der Waals surface area contributed by atoms with Gasteiger partial charge in [-0.3, -0.25) is 19.1 Å². The van der Waals surface area contributed by atoms with Gasteiger partial charge >= 0.3 is 17.8 Å². The summed E-state index contributed by atoms with van der Waals surface area (Å²) < 4.78 is 42.5. The van der Waals surface area contributed by atoms with Crippen LogP contribution in [0.25, 0.3) is 0 Å². The molecule has 1 aliphatic heterocycles. The fourth-order valence-electron chi connectivity index (χ4n) is 2.18. The summed E-state index contributed by atoms with van der Waals surface area (Å²) in [6, 6.07) is 0. The van der Waals surface area contributed by atoms with E-state index in [0.29, 0.717) is 12.8 Å². The van der Waals surface area contributed by atoms with Crippen LogP contribution in [-0.2, 0) is 9.53 Å². The van der Waals surface area contributed by atoms with Crippen molar-refractivity contribution in [3.63, 3.8) is 0 Å². The van der Waals surface area contributed by atoms with Crippen molar-refractivity contribution in [2.45, 2.75) is 31.3 Å². The van der Waals surface area contributed by atoms with Crippen LogP contribution in [0.4, 0.5) is 13.2 Å². The Morgan fingerprint density at radius 2 is 2.16 bits per heavy atom. The lowest BCUT2D eigenvalue weighted by Crippen LogP contribution is -2.37. The molecule has 1 aromatic rings. The summed E-state index contributed by atoms with van der Waals surface area (Å²) >= 11 is 0. The van der Waals surface area contributed by atoms with Crippen LogP contribution in [0.15, 0.2) is 15.8 Å². The SMILES string of the molecule is O=C(NCC#Cc1cn([C@@H]2CC[C@H](CO)O2)c(=O)[nH]c1=O)C(F)(F)F. The molecule has 0 spiro atoms. The summed E-state index contributed by atoms with van der Waals surface area (Å²) in [5.41, 5.74) is -1.71. The minimum absolute atomic E-state index is 0.170. The summed E-state index contributed by atoms with van der Waals surface area (Å²) in [7, 11) is 0. The zero-order valence-electron chi connectivity index (χ0n) is 12.7. The summed E-state index contributed by atoms with van der Waals surface area (Å²) in [5, 5.41) is 10.6. The van der Waals surface area contributed by atoms with E-state index in [2.05, 4.69) is 11.8 Å². The lowest BCUT2D eigenvalue weighted by atomic mass is 10.2. The predicted octanol–water partition coefficient (Wildman–Crippen LogP) is -0.764. The van der Waals surface area contributed by atoms with Crippen molar-refractivity contribution in [2.24, 2.45) is 0 Å². The number of nitrogens with zero attached hydrogens (tertiary/aromatic N) is 1. The molecule has 0 saturated carbocycles. The molecule has 1 amide bonds. The Bertz CT molecular complexity index is 818. The lowest BCUT2D eigenvalue weighted by Gasteiger charge is -2.14. The number of carbonyl (C=O) groups excluding carboxylic acids is 1. The molecular formula is C14H14F3N3O5. The van der Waals surface area contributed by atoms with Crippen LogP contribution in [0.5, 0.6) is 0 Å². The maximum absolute atomic E-state index is 12.0. The van der Waals surface area contributed by atoms with E-state index in [1.807, 2.05) is 4.98 Å². The number of halogens is 3. The molecule has 2 rings (SSSR count). The fourth-order valence-corrected chi connectivity index (χ4v) is 2.18. The molecule has 2 atom stereocenters. The first-order chi connectivity index (χ1) is 11.7. The van der Waals surface area contributed by atoms with Crippen LogP contribution < -0.4 is 16.6 Å². The largest absolute Gasteiger partial charge is 0.471 e. The van der Waals surface area contributed by atoms with Gasteiger partial charge in [-0.25, -0.2) is 4.79 Å². The number of aromatic nitrogens is 2. The zero-order valence-corrected chi connectivity index (χ0v) is 12.7. The second-order valence-corrected chi connectivity index (χ2v) is 5.16. The topological polar surface area (TPSA) is 113 Å². The zero-order chi connectivity index (χ0) is 18.6. The van der Waals surface area contributed by atoms with Gasteiger partial charge in [0.15, 0.2) is 0 Å². The summed E-state index contributed by atoms with van der Waals surface area (Å²) in [6.07, 6.45) is -4.04. The Hall–Kier alpha value is -2.58. The normalized spacial score (nSPS) is 20.0. The third kappa shape index (κ3) is 4.71. The molecule has 0 bridgehead atoms. The second kappa shape index (κ2) is 7.54. The van der Waals surface area contributed by atoms with Crippen molar-refractivity contribution in [2.75, 3.05) is 13.2 Å². The van der Waals surface area contributed by atoms with Crippen molar-refractivity contribution in [3.8, 4) is 11.8 Å².